The highest BCUT2D eigenvalue weighted by atomic mass is 19.1. The number of halogens is 2. The van der Waals surface area contributed by atoms with Gasteiger partial charge in [0.25, 0.3) is 0 Å². The first-order valence-corrected chi connectivity index (χ1v) is 12.0. The number of nitrogens with zero attached hydrogens (tertiary/aromatic N) is 2. The van der Waals surface area contributed by atoms with Crippen molar-refractivity contribution in [1.82, 2.24) is 15.2 Å². The molecule has 3 aromatic rings. The van der Waals surface area contributed by atoms with Gasteiger partial charge in [-0.1, -0.05) is 0 Å². The van der Waals surface area contributed by atoms with Crippen LogP contribution in [0.5, 0.6) is 11.6 Å². The van der Waals surface area contributed by atoms with E-state index in [-0.39, 0.29) is 11.3 Å². The van der Waals surface area contributed by atoms with Gasteiger partial charge in [0.2, 0.25) is 5.88 Å². The Labute approximate surface area is 208 Å². The molecule has 1 aromatic heterocycles. The molecule has 8 heteroatoms. The maximum Gasteiger partial charge on any atom is 0.212 e. The zero-order chi connectivity index (χ0) is 25.1. The number of hydrogen-bond acceptors (Lipinski definition) is 6. The molecule has 0 bridgehead atoms. The van der Waals surface area contributed by atoms with Gasteiger partial charge < -0.3 is 19.7 Å². The van der Waals surface area contributed by atoms with Crippen molar-refractivity contribution in [2.24, 2.45) is 0 Å². The number of fused-ring (bicyclic) bond motifs is 1. The van der Waals surface area contributed by atoms with E-state index in [1.54, 1.807) is 30.3 Å². The van der Waals surface area contributed by atoms with Crippen molar-refractivity contribution in [3.05, 3.63) is 88.6 Å². The van der Waals surface area contributed by atoms with Crippen LogP contribution in [0, 0.1) is 11.6 Å². The number of carbonyl (C=O) groups excluding carboxylic acids is 1. The molecule has 0 unspecified atom stereocenters. The van der Waals surface area contributed by atoms with Crippen molar-refractivity contribution in [2.75, 3.05) is 46.4 Å². The van der Waals surface area contributed by atoms with Crippen molar-refractivity contribution in [1.29, 1.82) is 0 Å². The van der Waals surface area contributed by atoms with Crippen LogP contribution in [0.1, 0.15) is 33.5 Å². The maximum absolute atomic E-state index is 14.2. The van der Waals surface area contributed by atoms with Crippen molar-refractivity contribution in [3.8, 4) is 11.6 Å². The monoisotopic (exact) mass is 491 g/mol. The zero-order valence-corrected chi connectivity index (χ0v) is 20.0. The van der Waals surface area contributed by atoms with E-state index in [9.17, 15) is 13.6 Å². The van der Waals surface area contributed by atoms with E-state index >= 15 is 0 Å². The molecule has 0 radical (unpaired) electrons. The number of carbonyl (C=O) groups is 1. The van der Waals surface area contributed by atoms with E-state index in [0.717, 1.165) is 45.2 Å². The van der Waals surface area contributed by atoms with E-state index in [2.05, 4.69) is 15.2 Å². The predicted molar refractivity (Wildman–Crippen MR) is 133 cm³/mol. The molecule has 1 aliphatic heterocycles. The summed E-state index contributed by atoms with van der Waals surface area (Å²) < 4.78 is 39.4. The third-order valence-electron chi connectivity index (χ3n) is 6.46. The van der Waals surface area contributed by atoms with Gasteiger partial charge in [-0.2, -0.15) is 0 Å². The van der Waals surface area contributed by atoms with Gasteiger partial charge in [0, 0.05) is 73.3 Å². The summed E-state index contributed by atoms with van der Waals surface area (Å²) in [5.41, 5.74) is 2.65. The molecular weight excluding hydrogens is 464 g/mol. The second-order valence-electron chi connectivity index (χ2n) is 8.83. The van der Waals surface area contributed by atoms with E-state index in [1.165, 1.54) is 25.4 Å². The highest BCUT2D eigenvalue weighted by Crippen LogP contribution is 2.43. The standard InChI is InChI=1S/C28H27F2N3O3/c1-35-25-6-3-18(17-32-25)27-26(19-13-20(29)15-21(30)14-19)23-5-4-22(16-24(23)28(27)34)36-12-2-9-33-10-7-31-8-11-33/h3-6,13-17,31H,2,7-12H2,1H3. The van der Waals surface area contributed by atoms with Gasteiger partial charge in [0.05, 0.1) is 13.7 Å². The number of piperazine rings is 1. The van der Waals surface area contributed by atoms with Crippen molar-refractivity contribution < 1.29 is 23.0 Å². The Balaban J connectivity index is 1.43. The molecule has 6 nitrogen and oxygen atoms in total. The fourth-order valence-corrected chi connectivity index (χ4v) is 4.74. The van der Waals surface area contributed by atoms with Gasteiger partial charge in [-0.15, -0.1) is 0 Å². The molecule has 0 spiro atoms. The van der Waals surface area contributed by atoms with Crippen LogP contribution in [0.2, 0.25) is 0 Å². The van der Waals surface area contributed by atoms with Crippen LogP contribution >= 0.6 is 0 Å². The summed E-state index contributed by atoms with van der Waals surface area (Å²) in [6.07, 6.45) is 2.40. The summed E-state index contributed by atoms with van der Waals surface area (Å²) in [6, 6.07) is 11.9. The minimum absolute atomic E-state index is 0.247. The second-order valence-corrected chi connectivity index (χ2v) is 8.83. The van der Waals surface area contributed by atoms with Crippen molar-refractivity contribution in [2.45, 2.75) is 6.42 Å². The molecule has 186 valence electrons. The smallest absolute Gasteiger partial charge is 0.212 e. The molecule has 1 fully saturated rings. The van der Waals surface area contributed by atoms with Crippen molar-refractivity contribution in [3.63, 3.8) is 0 Å². The number of ketones is 1. The first-order chi connectivity index (χ1) is 17.5. The van der Waals surface area contributed by atoms with E-state index < -0.39 is 11.6 Å². The highest BCUT2D eigenvalue weighted by molar-refractivity contribution is 6.41. The number of allylic oxidation sites excluding steroid dienone is 1. The fraction of sp³-hybridized carbons (Fsp3) is 0.286. The second kappa shape index (κ2) is 10.6. The topological polar surface area (TPSA) is 63.7 Å². The minimum atomic E-state index is -0.713. The average Bonchev–Trinajstić information content (AvgIpc) is 3.18. The molecule has 0 saturated carbocycles. The molecule has 36 heavy (non-hydrogen) atoms. The highest BCUT2D eigenvalue weighted by Gasteiger charge is 2.32. The molecule has 2 aliphatic rings. The fourth-order valence-electron chi connectivity index (χ4n) is 4.74. The van der Waals surface area contributed by atoms with E-state index in [0.29, 0.717) is 46.1 Å². The molecule has 2 heterocycles. The van der Waals surface area contributed by atoms with Crippen LogP contribution in [0.4, 0.5) is 8.78 Å². The number of ether oxygens (including phenoxy) is 2. The number of pyridine rings is 1. The average molecular weight is 492 g/mol. The van der Waals surface area contributed by atoms with Crippen LogP contribution < -0.4 is 14.8 Å². The SMILES string of the molecule is COc1ccc(C2=C(c3cc(F)cc(F)c3)c3ccc(OCCCN4CCNCC4)cc3C2=O)cn1. The maximum atomic E-state index is 14.2. The summed E-state index contributed by atoms with van der Waals surface area (Å²) in [5, 5.41) is 3.34. The van der Waals surface area contributed by atoms with Gasteiger partial charge in [0.1, 0.15) is 17.4 Å². The Morgan fingerprint density at radius 1 is 0.944 bits per heavy atom. The zero-order valence-electron chi connectivity index (χ0n) is 20.0. The van der Waals surface area contributed by atoms with Crippen LogP contribution in [0.15, 0.2) is 54.7 Å². The minimum Gasteiger partial charge on any atom is -0.494 e. The number of benzene rings is 2. The Hall–Kier alpha value is -3.62. The molecule has 1 saturated heterocycles. The third-order valence-corrected chi connectivity index (χ3v) is 6.46. The first kappa shape index (κ1) is 24.1. The Bertz CT molecular complexity index is 1280. The Morgan fingerprint density at radius 3 is 2.42 bits per heavy atom. The number of rotatable bonds is 8. The van der Waals surface area contributed by atoms with Gasteiger partial charge in [-0.25, -0.2) is 13.8 Å². The number of aromatic nitrogens is 1. The molecule has 2 aromatic carbocycles. The Kier molecular flexibility index (Phi) is 7.06. The largest absolute Gasteiger partial charge is 0.494 e. The van der Waals surface area contributed by atoms with E-state index in [1.807, 2.05) is 0 Å². The van der Waals surface area contributed by atoms with Gasteiger partial charge in [-0.3, -0.25) is 4.79 Å². The normalized spacial score (nSPS) is 15.8. The van der Waals surface area contributed by atoms with Gasteiger partial charge >= 0.3 is 0 Å². The molecule has 5 rings (SSSR count). The molecule has 1 aliphatic carbocycles. The lowest BCUT2D eigenvalue weighted by molar-refractivity contribution is 0.105. The number of nitrogens with one attached hydrogen (secondary N) is 1. The molecule has 1 N–H and O–H groups in total. The lowest BCUT2D eigenvalue weighted by atomic mass is 9.95. The number of methoxy groups -OCH3 is 1. The first-order valence-electron chi connectivity index (χ1n) is 12.0. The lowest BCUT2D eigenvalue weighted by Crippen LogP contribution is -2.43. The van der Waals surface area contributed by atoms with Gasteiger partial charge in [0.15, 0.2) is 5.78 Å². The Morgan fingerprint density at radius 2 is 1.72 bits per heavy atom. The summed E-state index contributed by atoms with van der Waals surface area (Å²) >= 11 is 0. The van der Waals surface area contributed by atoms with Crippen LogP contribution in [0.25, 0.3) is 11.1 Å². The van der Waals surface area contributed by atoms with Crippen LogP contribution in [-0.4, -0.2) is 62.1 Å². The van der Waals surface area contributed by atoms with Gasteiger partial charge in [-0.05, 0) is 53.9 Å². The summed E-state index contributed by atoms with van der Waals surface area (Å²) in [6.45, 7) is 5.56. The van der Waals surface area contributed by atoms with Crippen LogP contribution in [-0.2, 0) is 0 Å². The lowest BCUT2D eigenvalue weighted by Gasteiger charge is -2.26. The summed E-state index contributed by atoms with van der Waals surface area (Å²) in [5.74, 6) is -0.688. The number of Topliss-reactive ketones (excluding diaryl/α,β-unsaturated/α-hetero) is 1. The summed E-state index contributed by atoms with van der Waals surface area (Å²) in [4.78, 5) is 20.2. The molecule has 0 amide bonds. The quantitative estimate of drug-likeness (QED) is 0.477. The molecular formula is C28H27F2N3O3. The third kappa shape index (κ3) is 5.01. The van der Waals surface area contributed by atoms with Crippen molar-refractivity contribution >= 4 is 16.9 Å². The van der Waals surface area contributed by atoms with Crippen LogP contribution in [0.3, 0.4) is 0 Å². The summed E-state index contributed by atoms with van der Waals surface area (Å²) in [7, 11) is 1.50. The molecule has 0 atom stereocenters. The predicted octanol–water partition coefficient (Wildman–Crippen LogP) is 4.20. The number of hydrogen-bond donors (Lipinski definition) is 1. The van der Waals surface area contributed by atoms with E-state index in [4.69, 9.17) is 9.47 Å².